The second kappa shape index (κ2) is 3.98. The minimum absolute atomic E-state index is 0.0916. The highest BCUT2D eigenvalue weighted by Gasteiger charge is 2.22. The van der Waals surface area contributed by atoms with Gasteiger partial charge in [-0.25, -0.2) is 4.68 Å². The smallest absolute Gasteiger partial charge is 0.305 e. The van der Waals surface area contributed by atoms with Crippen LogP contribution in [0.25, 0.3) is 0 Å². The fourth-order valence-corrected chi connectivity index (χ4v) is 1.91. The molecule has 0 spiro atoms. The molecule has 1 aromatic rings. The van der Waals surface area contributed by atoms with Crippen LogP contribution < -0.4 is 5.73 Å². The summed E-state index contributed by atoms with van der Waals surface area (Å²) >= 11 is 0. The number of carbonyl (C=O) groups is 1. The van der Waals surface area contributed by atoms with Gasteiger partial charge in [0.25, 0.3) is 0 Å². The molecule has 1 atom stereocenters. The average molecular weight is 210 g/mol. The maximum absolute atomic E-state index is 10.5. The van der Waals surface area contributed by atoms with Gasteiger partial charge in [-0.3, -0.25) is 4.79 Å². The number of carboxylic acids is 1. The Hall–Kier alpha value is -1.43. The third kappa shape index (κ3) is 1.99. The number of fused-ring (bicyclic) bond motifs is 1. The molecule has 15 heavy (non-hydrogen) atoms. The van der Waals surface area contributed by atoms with Gasteiger partial charge < -0.3 is 10.8 Å². The lowest BCUT2D eigenvalue weighted by Crippen LogP contribution is -2.19. The van der Waals surface area contributed by atoms with Crippen molar-refractivity contribution in [1.29, 1.82) is 0 Å². The lowest BCUT2D eigenvalue weighted by atomic mass is 10.0. The zero-order chi connectivity index (χ0) is 10.8. The van der Waals surface area contributed by atoms with Crippen molar-refractivity contribution in [2.24, 2.45) is 5.73 Å². The summed E-state index contributed by atoms with van der Waals surface area (Å²) in [5.41, 5.74) is 7.43. The van der Waals surface area contributed by atoms with E-state index in [0.717, 1.165) is 31.5 Å². The van der Waals surface area contributed by atoms with Crippen LogP contribution in [0.2, 0.25) is 0 Å². The topological polar surface area (TPSA) is 94.0 Å². The maximum atomic E-state index is 10.5. The first kappa shape index (κ1) is 10.1. The summed E-state index contributed by atoms with van der Waals surface area (Å²) in [5.74, 6) is -0.903. The molecule has 0 fully saturated rings. The molecule has 1 aliphatic heterocycles. The molecule has 2 rings (SSSR count). The fourth-order valence-electron chi connectivity index (χ4n) is 1.91. The Labute approximate surface area is 87.1 Å². The van der Waals surface area contributed by atoms with E-state index in [1.807, 2.05) is 4.68 Å². The van der Waals surface area contributed by atoms with Crippen LogP contribution in [0.1, 0.15) is 36.7 Å². The van der Waals surface area contributed by atoms with Gasteiger partial charge in [0.15, 0.2) is 0 Å². The summed E-state index contributed by atoms with van der Waals surface area (Å²) < 4.78 is 1.83. The molecule has 0 bridgehead atoms. The SMILES string of the molecule is NC(CC(=O)O)c1nnn2c1CCCC2. The van der Waals surface area contributed by atoms with Gasteiger partial charge in [0.1, 0.15) is 5.69 Å². The van der Waals surface area contributed by atoms with E-state index in [2.05, 4.69) is 10.3 Å². The molecule has 0 aromatic carbocycles. The molecule has 6 nitrogen and oxygen atoms in total. The van der Waals surface area contributed by atoms with Gasteiger partial charge in [-0.15, -0.1) is 5.10 Å². The molecule has 0 radical (unpaired) electrons. The fraction of sp³-hybridized carbons (Fsp3) is 0.667. The first-order chi connectivity index (χ1) is 7.18. The number of aromatic nitrogens is 3. The van der Waals surface area contributed by atoms with Crippen molar-refractivity contribution < 1.29 is 9.90 Å². The largest absolute Gasteiger partial charge is 0.481 e. The minimum atomic E-state index is -0.903. The molecule has 0 amide bonds. The molecule has 1 aliphatic rings. The summed E-state index contributed by atoms with van der Waals surface area (Å²) in [7, 11) is 0. The second-order valence-corrected chi connectivity index (χ2v) is 3.81. The van der Waals surface area contributed by atoms with Crippen molar-refractivity contribution in [2.75, 3.05) is 0 Å². The van der Waals surface area contributed by atoms with Gasteiger partial charge >= 0.3 is 5.97 Å². The average Bonchev–Trinajstić information content (AvgIpc) is 2.59. The molecule has 3 N–H and O–H groups in total. The predicted octanol–water partition coefficient (Wildman–Crippen LogP) is 0.0889. The lowest BCUT2D eigenvalue weighted by Gasteiger charge is -2.14. The zero-order valence-electron chi connectivity index (χ0n) is 8.39. The highest BCUT2D eigenvalue weighted by atomic mass is 16.4. The Balaban J connectivity index is 2.20. The Morgan fingerprint density at radius 2 is 2.40 bits per heavy atom. The van der Waals surface area contributed by atoms with Crippen molar-refractivity contribution in [3.05, 3.63) is 11.4 Å². The molecular formula is C9H14N4O2. The molecule has 1 aromatic heterocycles. The van der Waals surface area contributed by atoms with E-state index in [4.69, 9.17) is 10.8 Å². The Bertz CT molecular complexity index is 374. The number of aryl methyl sites for hydroxylation is 1. The number of hydrogen-bond acceptors (Lipinski definition) is 4. The van der Waals surface area contributed by atoms with Crippen LogP contribution in [0.4, 0.5) is 0 Å². The van der Waals surface area contributed by atoms with Gasteiger partial charge in [0, 0.05) is 6.54 Å². The summed E-state index contributed by atoms with van der Waals surface area (Å²) in [6.45, 7) is 0.863. The minimum Gasteiger partial charge on any atom is -0.481 e. The van der Waals surface area contributed by atoms with E-state index in [1.54, 1.807) is 0 Å². The van der Waals surface area contributed by atoms with Gasteiger partial charge in [-0.2, -0.15) is 0 Å². The molecule has 82 valence electrons. The number of rotatable bonds is 3. The molecule has 6 heteroatoms. The molecular weight excluding hydrogens is 196 g/mol. The van der Waals surface area contributed by atoms with E-state index in [-0.39, 0.29) is 6.42 Å². The van der Waals surface area contributed by atoms with Gasteiger partial charge in [-0.1, -0.05) is 5.21 Å². The monoisotopic (exact) mass is 210 g/mol. The number of carboxylic acid groups (broad SMARTS) is 1. The molecule has 0 aliphatic carbocycles. The van der Waals surface area contributed by atoms with Crippen molar-refractivity contribution in [2.45, 2.75) is 38.3 Å². The summed E-state index contributed by atoms with van der Waals surface area (Å²) in [6.07, 6.45) is 3.01. The predicted molar refractivity (Wildman–Crippen MR) is 52.1 cm³/mol. The quantitative estimate of drug-likeness (QED) is 0.737. The Kier molecular flexibility index (Phi) is 2.68. The first-order valence-electron chi connectivity index (χ1n) is 5.08. The van der Waals surface area contributed by atoms with Crippen molar-refractivity contribution in [1.82, 2.24) is 15.0 Å². The highest BCUT2D eigenvalue weighted by Crippen LogP contribution is 2.21. The van der Waals surface area contributed by atoms with Crippen LogP contribution in [0, 0.1) is 0 Å². The zero-order valence-corrected chi connectivity index (χ0v) is 8.39. The number of nitrogens with two attached hydrogens (primary N) is 1. The van der Waals surface area contributed by atoms with Gasteiger partial charge in [0.05, 0.1) is 18.2 Å². The van der Waals surface area contributed by atoms with E-state index in [9.17, 15) is 4.79 Å². The van der Waals surface area contributed by atoms with Crippen LogP contribution in [0.5, 0.6) is 0 Å². The van der Waals surface area contributed by atoms with Crippen LogP contribution in [0.15, 0.2) is 0 Å². The third-order valence-electron chi connectivity index (χ3n) is 2.65. The summed E-state index contributed by atoms with van der Waals surface area (Å²) in [5, 5.41) is 16.6. The summed E-state index contributed by atoms with van der Waals surface area (Å²) in [4.78, 5) is 10.5. The molecule has 0 saturated heterocycles. The van der Waals surface area contributed by atoms with E-state index < -0.39 is 12.0 Å². The Morgan fingerprint density at radius 3 is 3.13 bits per heavy atom. The van der Waals surface area contributed by atoms with Crippen LogP contribution in [-0.4, -0.2) is 26.1 Å². The van der Waals surface area contributed by atoms with Gasteiger partial charge in [0.2, 0.25) is 0 Å². The molecule has 1 unspecified atom stereocenters. The first-order valence-corrected chi connectivity index (χ1v) is 5.08. The Morgan fingerprint density at radius 1 is 1.60 bits per heavy atom. The van der Waals surface area contributed by atoms with E-state index >= 15 is 0 Å². The van der Waals surface area contributed by atoms with E-state index in [0.29, 0.717) is 5.69 Å². The van der Waals surface area contributed by atoms with Crippen molar-refractivity contribution >= 4 is 5.97 Å². The van der Waals surface area contributed by atoms with Crippen LogP contribution in [0.3, 0.4) is 0 Å². The second-order valence-electron chi connectivity index (χ2n) is 3.81. The number of nitrogens with zero attached hydrogens (tertiary/aromatic N) is 3. The van der Waals surface area contributed by atoms with Crippen molar-refractivity contribution in [3.8, 4) is 0 Å². The lowest BCUT2D eigenvalue weighted by molar-refractivity contribution is -0.137. The summed E-state index contributed by atoms with van der Waals surface area (Å²) in [6, 6.07) is -0.538. The molecule has 0 saturated carbocycles. The standard InChI is InChI=1S/C9H14N4O2/c10-6(5-8(14)15)9-7-3-1-2-4-13(7)12-11-9/h6H,1-5,10H2,(H,14,15). The maximum Gasteiger partial charge on any atom is 0.305 e. The highest BCUT2D eigenvalue weighted by molar-refractivity contribution is 5.67. The van der Waals surface area contributed by atoms with Gasteiger partial charge in [-0.05, 0) is 19.3 Å². The number of aliphatic carboxylic acids is 1. The third-order valence-corrected chi connectivity index (χ3v) is 2.65. The van der Waals surface area contributed by atoms with Crippen LogP contribution >= 0.6 is 0 Å². The van der Waals surface area contributed by atoms with Crippen molar-refractivity contribution in [3.63, 3.8) is 0 Å². The molecule has 2 heterocycles. The normalized spacial score (nSPS) is 17.1. The van der Waals surface area contributed by atoms with E-state index in [1.165, 1.54) is 0 Å². The van der Waals surface area contributed by atoms with Crippen LogP contribution in [-0.2, 0) is 17.8 Å². The number of hydrogen-bond donors (Lipinski definition) is 2.